The molecule has 8 nitrogen and oxygen atoms in total. The van der Waals surface area contributed by atoms with Crippen LogP contribution in [-0.4, -0.2) is 26.1 Å². The number of sulfonamides is 1. The molecule has 0 unspecified atom stereocenters. The Bertz CT molecular complexity index is 928. The molecule has 2 aromatic rings. The second-order valence-electron chi connectivity index (χ2n) is 5.85. The highest BCUT2D eigenvalue weighted by atomic mass is 32.2. The van der Waals surface area contributed by atoms with Gasteiger partial charge < -0.3 is 10.6 Å². The Balaban J connectivity index is 1.84. The van der Waals surface area contributed by atoms with E-state index in [9.17, 15) is 18.5 Å². The molecular formula is C16H18N4O4S. The minimum Gasteiger partial charge on any atom is -0.384 e. The number of fused-ring (bicyclic) bond motifs is 1. The molecule has 1 aliphatic rings. The highest BCUT2D eigenvalue weighted by Gasteiger charge is 2.23. The first kappa shape index (κ1) is 17.0. The zero-order valence-electron chi connectivity index (χ0n) is 13.6. The van der Waals surface area contributed by atoms with Crippen molar-refractivity contribution < 1.29 is 13.3 Å². The zero-order chi connectivity index (χ0) is 18.0. The summed E-state index contributed by atoms with van der Waals surface area (Å²) in [6.07, 6.45) is 1.80. The Morgan fingerprint density at radius 2 is 2.08 bits per heavy atom. The van der Waals surface area contributed by atoms with Gasteiger partial charge in [-0.15, -0.1) is 0 Å². The number of nitro benzene ring substituents is 1. The summed E-state index contributed by atoms with van der Waals surface area (Å²) in [5, 5.41) is 17.7. The molecule has 1 aliphatic heterocycles. The van der Waals surface area contributed by atoms with Crippen LogP contribution < -0.4 is 15.4 Å². The minimum atomic E-state index is -3.36. The van der Waals surface area contributed by atoms with Gasteiger partial charge in [0.05, 0.1) is 11.2 Å². The molecule has 0 saturated carbocycles. The highest BCUT2D eigenvalue weighted by molar-refractivity contribution is 7.92. The number of hydrogen-bond donors (Lipinski definition) is 3. The van der Waals surface area contributed by atoms with Crippen molar-refractivity contribution in [1.82, 2.24) is 0 Å². The zero-order valence-corrected chi connectivity index (χ0v) is 14.4. The average Bonchev–Trinajstić information content (AvgIpc) is 2.99. The van der Waals surface area contributed by atoms with E-state index in [2.05, 4.69) is 15.4 Å². The van der Waals surface area contributed by atoms with Gasteiger partial charge >= 0.3 is 0 Å². The first-order valence-corrected chi connectivity index (χ1v) is 9.57. The van der Waals surface area contributed by atoms with Crippen LogP contribution in [0, 0.1) is 10.1 Å². The fraction of sp³-hybridized carbons (Fsp3) is 0.250. The van der Waals surface area contributed by atoms with Gasteiger partial charge in [-0.05, 0) is 30.2 Å². The molecule has 132 valence electrons. The summed E-state index contributed by atoms with van der Waals surface area (Å²) >= 11 is 0. The Kier molecular flexibility index (Phi) is 4.49. The summed E-state index contributed by atoms with van der Waals surface area (Å²) in [6, 6.07) is 10.1. The van der Waals surface area contributed by atoms with E-state index in [0.717, 1.165) is 36.0 Å². The van der Waals surface area contributed by atoms with Crippen LogP contribution in [0.15, 0.2) is 36.4 Å². The lowest BCUT2D eigenvalue weighted by Gasteiger charge is -2.12. The van der Waals surface area contributed by atoms with E-state index in [-0.39, 0.29) is 5.69 Å². The number of nitrogens with zero attached hydrogens (tertiary/aromatic N) is 1. The molecule has 25 heavy (non-hydrogen) atoms. The molecule has 0 atom stereocenters. The van der Waals surface area contributed by atoms with E-state index in [1.54, 1.807) is 24.3 Å². The van der Waals surface area contributed by atoms with Crippen LogP contribution >= 0.6 is 0 Å². The summed E-state index contributed by atoms with van der Waals surface area (Å²) in [5.41, 5.74) is 3.62. The Morgan fingerprint density at radius 3 is 2.80 bits per heavy atom. The lowest BCUT2D eigenvalue weighted by molar-refractivity contribution is -0.384. The van der Waals surface area contributed by atoms with Gasteiger partial charge in [0.2, 0.25) is 10.0 Å². The standard InChI is InChI=1S/C16H18N4O4S/c1-25(23,24)19-12-4-2-3-11(9-12)10-18-16-13-7-8-17-14(13)5-6-15(16)20(21)22/h2-6,9,17-19H,7-8,10H2,1H3. The molecule has 0 saturated heterocycles. The average molecular weight is 362 g/mol. The molecule has 0 aliphatic carbocycles. The van der Waals surface area contributed by atoms with E-state index in [0.29, 0.717) is 17.9 Å². The van der Waals surface area contributed by atoms with E-state index in [1.807, 2.05) is 6.07 Å². The fourth-order valence-corrected chi connectivity index (χ4v) is 3.44. The highest BCUT2D eigenvalue weighted by Crippen LogP contribution is 2.37. The number of anilines is 3. The van der Waals surface area contributed by atoms with Crippen LogP contribution in [-0.2, 0) is 23.0 Å². The first-order chi connectivity index (χ1) is 11.8. The SMILES string of the molecule is CS(=O)(=O)Nc1cccc(CNc2c([N+](=O)[O-])ccc3c2CCN3)c1. The van der Waals surface area contributed by atoms with Crippen molar-refractivity contribution in [3.8, 4) is 0 Å². The second kappa shape index (κ2) is 6.60. The molecule has 3 rings (SSSR count). The van der Waals surface area contributed by atoms with Crippen LogP contribution in [0.3, 0.4) is 0 Å². The molecule has 0 aromatic heterocycles. The molecule has 1 heterocycles. The Labute approximate surface area is 145 Å². The maximum atomic E-state index is 11.3. The van der Waals surface area contributed by atoms with Crippen molar-refractivity contribution in [1.29, 1.82) is 0 Å². The van der Waals surface area contributed by atoms with Gasteiger partial charge in [-0.3, -0.25) is 14.8 Å². The number of nitro groups is 1. The molecule has 9 heteroatoms. The van der Waals surface area contributed by atoms with Gasteiger partial charge in [0, 0.05) is 36.1 Å². The van der Waals surface area contributed by atoms with Gasteiger partial charge in [0.25, 0.3) is 5.69 Å². The topological polar surface area (TPSA) is 113 Å². The lowest BCUT2D eigenvalue weighted by Crippen LogP contribution is -2.10. The molecule has 3 N–H and O–H groups in total. The molecular weight excluding hydrogens is 344 g/mol. The number of rotatable bonds is 6. The number of hydrogen-bond acceptors (Lipinski definition) is 6. The number of benzene rings is 2. The van der Waals surface area contributed by atoms with Crippen LogP contribution in [0.25, 0.3) is 0 Å². The van der Waals surface area contributed by atoms with Gasteiger partial charge in [-0.2, -0.15) is 0 Å². The van der Waals surface area contributed by atoms with Crippen LogP contribution in [0.5, 0.6) is 0 Å². The van der Waals surface area contributed by atoms with Gasteiger partial charge in [-0.1, -0.05) is 12.1 Å². The van der Waals surface area contributed by atoms with Crippen LogP contribution in [0.1, 0.15) is 11.1 Å². The summed E-state index contributed by atoms with van der Waals surface area (Å²) < 4.78 is 25.1. The molecule has 0 radical (unpaired) electrons. The van der Waals surface area contributed by atoms with Gasteiger partial charge in [0.15, 0.2) is 0 Å². The predicted molar refractivity (Wildman–Crippen MR) is 97.5 cm³/mol. The fourth-order valence-electron chi connectivity index (χ4n) is 2.88. The molecule has 0 bridgehead atoms. The third kappa shape index (κ3) is 4.00. The maximum Gasteiger partial charge on any atom is 0.292 e. The third-order valence-corrected chi connectivity index (χ3v) is 4.48. The number of nitrogens with one attached hydrogen (secondary N) is 3. The molecule has 0 amide bonds. The minimum absolute atomic E-state index is 0.0351. The summed E-state index contributed by atoms with van der Waals surface area (Å²) in [4.78, 5) is 10.9. The molecule has 0 spiro atoms. The molecule has 0 fully saturated rings. The van der Waals surface area contributed by atoms with Crippen molar-refractivity contribution in [3.05, 3.63) is 57.6 Å². The van der Waals surface area contributed by atoms with E-state index in [1.165, 1.54) is 6.07 Å². The van der Waals surface area contributed by atoms with Crippen molar-refractivity contribution >= 4 is 32.8 Å². The van der Waals surface area contributed by atoms with E-state index >= 15 is 0 Å². The van der Waals surface area contributed by atoms with Crippen molar-refractivity contribution in [2.45, 2.75) is 13.0 Å². The largest absolute Gasteiger partial charge is 0.384 e. The Morgan fingerprint density at radius 1 is 1.28 bits per heavy atom. The van der Waals surface area contributed by atoms with Gasteiger partial charge in [0.1, 0.15) is 5.69 Å². The van der Waals surface area contributed by atoms with E-state index < -0.39 is 14.9 Å². The summed E-state index contributed by atoms with van der Waals surface area (Å²) in [5.74, 6) is 0. The maximum absolute atomic E-state index is 11.3. The lowest BCUT2D eigenvalue weighted by atomic mass is 10.1. The normalized spacial score (nSPS) is 13.0. The summed E-state index contributed by atoms with van der Waals surface area (Å²) in [6.45, 7) is 1.09. The van der Waals surface area contributed by atoms with Crippen molar-refractivity contribution in [2.75, 3.05) is 28.2 Å². The third-order valence-electron chi connectivity index (χ3n) is 3.88. The van der Waals surface area contributed by atoms with E-state index in [4.69, 9.17) is 0 Å². The molecule has 2 aromatic carbocycles. The van der Waals surface area contributed by atoms with Gasteiger partial charge in [-0.25, -0.2) is 8.42 Å². The monoisotopic (exact) mass is 362 g/mol. The predicted octanol–water partition coefficient (Wildman–Crippen LogP) is 2.55. The quantitative estimate of drug-likeness (QED) is 0.538. The first-order valence-electron chi connectivity index (χ1n) is 7.68. The summed E-state index contributed by atoms with van der Waals surface area (Å²) in [7, 11) is -3.36. The van der Waals surface area contributed by atoms with Crippen LogP contribution in [0.2, 0.25) is 0 Å². The van der Waals surface area contributed by atoms with Crippen LogP contribution in [0.4, 0.5) is 22.7 Å². The smallest absolute Gasteiger partial charge is 0.292 e. The second-order valence-corrected chi connectivity index (χ2v) is 7.60. The Hall–Kier alpha value is -2.81. The van der Waals surface area contributed by atoms with Crippen molar-refractivity contribution in [2.24, 2.45) is 0 Å². The van der Waals surface area contributed by atoms with Crippen molar-refractivity contribution in [3.63, 3.8) is 0 Å².